The van der Waals surface area contributed by atoms with Crippen molar-refractivity contribution in [2.45, 2.75) is 37.8 Å². The van der Waals surface area contributed by atoms with Crippen LogP contribution in [0.25, 0.3) is 0 Å². The summed E-state index contributed by atoms with van der Waals surface area (Å²) in [4.78, 5) is 2.58. The van der Waals surface area contributed by atoms with Gasteiger partial charge in [0.25, 0.3) is 5.88 Å². The molecule has 2 N–H and O–H groups in total. The molecule has 0 radical (unpaired) electrons. The molecule has 0 amide bonds. The Balaban J connectivity index is 1.32. The third-order valence-corrected chi connectivity index (χ3v) is 5.60. The Morgan fingerprint density at radius 1 is 0.966 bits per heavy atom. The molecule has 0 unspecified atom stereocenters. The van der Waals surface area contributed by atoms with Crippen LogP contribution in [0.2, 0.25) is 0 Å². The van der Waals surface area contributed by atoms with Gasteiger partial charge in [-0.05, 0) is 25.7 Å². The molecule has 1 saturated carbocycles. The molecule has 0 aromatic carbocycles. The van der Waals surface area contributed by atoms with Gasteiger partial charge in [-0.2, -0.15) is 0 Å². The number of methoxy groups -OCH3 is 1. The van der Waals surface area contributed by atoms with Crippen LogP contribution in [0.4, 0.5) is 5.69 Å². The van der Waals surface area contributed by atoms with Gasteiger partial charge < -0.3 is 29.4 Å². The van der Waals surface area contributed by atoms with Crippen molar-refractivity contribution in [3.8, 4) is 5.88 Å². The van der Waals surface area contributed by atoms with Gasteiger partial charge in [-0.25, -0.2) is 0 Å². The summed E-state index contributed by atoms with van der Waals surface area (Å²) in [7, 11) is 1.65. The molecule has 1 aliphatic carbocycles. The van der Waals surface area contributed by atoms with E-state index in [1.165, 1.54) is 12.8 Å². The van der Waals surface area contributed by atoms with Crippen LogP contribution in [0.5, 0.6) is 5.88 Å². The van der Waals surface area contributed by atoms with Crippen LogP contribution in [0, 0.1) is 0 Å². The van der Waals surface area contributed by atoms with Gasteiger partial charge in [0.1, 0.15) is 12.3 Å². The van der Waals surface area contributed by atoms with Crippen LogP contribution in [0.1, 0.15) is 31.7 Å². The lowest BCUT2D eigenvalue weighted by molar-refractivity contribution is 0.00498. The second kappa shape index (κ2) is 12.3. The number of hydrogen-bond acceptors (Lipinski definition) is 8. The zero-order valence-corrected chi connectivity index (χ0v) is 17.6. The second-order valence-corrected chi connectivity index (χ2v) is 7.55. The van der Waals surface area contributed by atoms with E-state index < -0.39 is 0 Å². The Bertz CT molecular complexity index is 571. The molecule has 0 atom stereocenters. The highest BCUT2D eigenvalue weighted by molar-refractivity contribution is 5.46. The van der Waals surface area contributed by atoms with E-state index in [2.05, 4.69) is 10.00 Å². The average Bonchev–Trinajstić information content (AvgIpc) is 3.14. The predicted molar refractivity (Wildman–Crippen MR) is 109 cm³/mol. The number of ether oxygens (including phenoxy) is 5. The minimum absolute atomic E-state index is 0.396. The Hall–Kier alpha value is -1.39. The fourth-order valence-corrected chi connectivity index (χ4v) is 3.98. The van der Waals surface area contributed by atoms with Crippen LogP contribution in [0.15, 0.2) is 6.20 Å². The van der Waals surface area contributed by atoms with Crippen LogP contribution >= 0.6 is 0 Å². The van der Waals surface area contributed by atoms with Crippen molar-refractivity contribution in [3.63, 3.8) is 0 Å². The molecule has 0 bridgehead atoms. The molecule has 166 valence electrons. The average molecular weight is 413 g/mol. The number of nitrogen functional groups attached to an aromatic ring is 1. The summed E-state index contributed by atoms with van der Waals surface area (Å²) in [5, 5.41) is 4.58. The van der Waals surface area contributed by atoms with E-state index >= 15 is 0 Å². The Kier molecular flexibility index (Phi) is 9.49. The van der Waals surface area contributed by atoms with Gasteiger partial charge in [0.2, 0.25) is 0 Å². The van der Waals surface area contributed by atoms with Crippen LogP contribution in [-0.4, -0.2) is 93.8 Å². The van der Waals surface area contributed by atoms with E-state index in [1.54, 1.807) is 7.11 Å². The molecule has 2 fully saturated rings. The standard InChI is InChI=1S/C20H36N4O5/c1-25-10-11-27-12-13-28-14-15-29-20-19(21)16-24(22-20)18-4-2-17(3-5-18)23-6-8-26-9-7-23/h16-18H,2-15,21H2,1H3. The Morgan fingerprint density at radius 3 is 2.28 bits per heavy atom. The Morgan fingerprint density at radius 2 is 1.59 bits per heavy atom. The highest BCUT2D eigenvalue weighted by atomic mass is 16.6. The molecule has 1 aromatic rings. The summed E-state index contributed by atoms with van der Waals surface area (Å²) in [5.74, 6) is 0.500. The zero-order valence-electron chi connectivity index (χ0n) is 17.6. The molecule has 1 aliphatic heterocycles. The van der Waals surface area contributed by atoms with E-state index in [0.29, 0.717) is 63.3 Å². The van der Waals surface area contributed by atoms with Crippen molar-refractivity contribution >= 4 is 5.69 Å². The molecule has 0 spiro atoms. The fourth-order valence-electron chi connectivity index (χ4n) is 3.98. The van der Waals surface area contributed by atoms with E-state index in [1.807, 2.05) is 10.9 Å². The summed E-state index contributed by atoms with van der Waals surface area (Å²) >= 11 is 0. The summed E-state index contributed by atoms with van der Waals surface area (Å²) in [5.41, 5.74) is 6.68. The van der Waals surface area contributed by atoms with Crippen molar-refractivity contribution in [3.05, 3.63) is 6.20 Å². The highest BCUT2D eigenvalue weighted by Gasteiger charge is 2.28. The summed E-state index contributed by atoms with van der Waals surface area (Å²) in [6.07, 6.45) is 6.53. The first-order valence-corrected chi connectivity index (χ1v) is 10.7. The van der Waals surface area contributed by atoms with Crippen molar-refractivity contribution < 1.29 is 23.7 Å². The molecule has 29 heavy (non-hydrogen) atoms. The first-order valence-electron chi connectivity index (χ1n) is 10.7. The Labute approximate surface area is 173 Å². The first-order chi connectivity index (χ1) is 14.3. The monoisotopic (exact) mass is 412 g/mol. The van der Waals surface area contributed by atoms with Gasteiger partial charge in [-0.1, -0.05) is 0 Å². The third kappa shape index (κ3) is 7.11. The lowest BCUT2D eigenvalue weighted by Crippen LogP contribution is -2.45. The van der Waals surface area contributed by atoms with Crippen LogP contribution in [-0.2, 0) is 18.9 Å². The largest absolute Gasteiger partial charge is 0.473 e. The number of nitrogens with zero attached hydrogens (tertiary/aromatic N) is 3. The maximum absolute atomic E-state index is 6.10. The van der Waals surface area contributed by atoms with Crippen molar-refractivity contribution in [1.82, 2.24) is 14.7 Å². The zero-order chi connectivity index (χ0) is 20.3. The van der Waals surface area contributed by atoms with Crippen molar-refractivity contribution in [1.29, 1.82) is 0 Å². The lowest BCUT2D eigenvalue weighted by atomic mass is 9.90. The van der Waals surface area contributed by atoms with Gasteiger partial charge in [0.15, 0.2) is 0 Å². The minimum atomic E-state index is 0.396. The molecule has 2 aliphatic rings. The number of morpholine rings is 1. The molecule has 9 nitrogen and oxygen atoms in total. The highest BCUT2D eigenvalue weighted by Crippen LogP contribution is 2.33. The fraction of sp³-hybridized carbons (Fsp3) is 0.850. The molecule has 1 saturated heterocycles. The number of aromatic nitrogens is 2. The second-order valence-electron chi connectivity index (χ2n) is 7.55. The molecule has 1 aromatic heterocycles. The van der Waals surface area contributed by atoms with Crippen LogP contribution in [0.3, 0.4) is 0 Å². The van der Waals surface area contributed by atoms with E-state index in [0.717, 1.165) is 39.1 Å². The van der Waals surface area contributed by atoms with Gasteiger partial charge in [0, 0.05) is 26.2 Å². The molecular weight excluding hydrogens is 376 g/mol. The number of nitrogens with two attached hydrogens (primary N) is 1. The topological polar surface area (TPSA) is 93.2 Å². The van der Waals surface area contributed by atoms with Gasteiger partial charge in [-0.15, -0.1) is 5.10 Å². The summed E-state index contributed by atoms with van der Waals surface area (Å²) in [6.45, 7) is 7.00. The summed E-state index contributed by atoms with van der Waals surface area (Å²) in [6, 6.07) is 1.07. The van der Waals surface area contributed by atoms with Gasteiger partial charge in [0.05, 0.1) is 58.5 Å². The number of rotatable bonds is 12. The third-order valence-electron chi connectivity index (χ3n) is 5.60. The quantitative estimate of drug-likeness (QED) is 0.514. The first kappa shape index (κ1) is 22.3. The van der Waals surface area contributed by atoms with E-state index in [-0.39, 0.29) is 0 Å². The number of hydrogen-bond donors (Lipinski definition) is 1. The maximum Gasteiger partial charge on any atom is 0.256 e. The molecule has 3 rings (SSSR count). The van der Waals surface area contributed by atoms with Crippen LogP contribution < -0.4 is 10.5 Å². The maximum atomic E-state index is 6.10. The van der Waals surface area contributed by atoms with Gasteiger partial charge >= 0.3 is 0 Å². The normalized spacial score (nSPS) is 23.3. The van der Waals surface area contributed by atoms with E-state index in [9.17, 15) is 0 Å². The van der Waals surface area contributed by atoms with E-state index in [4.69, 9.17) is 29.4 Å². The molecular formula is C20H36N4O5. The van der Waals surface area contributed by atoms with Gasteiger partial charge in [-0.3, -0.25) is 9.58 Å². The SMILES string of the molecule is COCCOCCOCCOc1nn(C2CCC(N3CCOCC3)CC2)cc1N. The smallest absolute Gasteiger partial charge is 0.256 e. The summed E-state index contributed by atoms with van der Waals surface area (Å²) < 4.78 is 28.9. The van der Waals surface area contributed by atoms with Crippen molar-refractivity contribution in [2.24, 2.45) is 0 Å². The van der Waals surface area contributed by atoms with Crippen molar-refractivity contribution in [2.75, 3.05) is 78.8 Å². The lowest BCUT2D eigenvalue weighted by Gasteiger charge is -2.38. The molecule has 2 heterocycles. The predicted octanol–water partition coefficient (Wildman–Crippen LogP) is 1.34. The number of anilines is 1. The molecule has 9 heteroatoms. The minimum Gasteiger partial charge on any atom is -0.473 e.